The lowest BCUT2D eigenvalue weighted by Gasteiger charge is -2.28. The van der Waals surface area contributed by atoms with E-state index in [1.807, 2.05) is 92.7 Å². The molecule has 0 saturated heterocycles. The second kappa shape index (κ2) is 15.7. The first-order chi connectivity index (χ1) is 20.4. The van der Waals surface area contributed by atoms with Crippen LogP contribution < -0.4 is 15.4 Å². The smallest absolute Gasteiger partial charge is 0.407 e. The van der Waals surface area contributed by atoms with Crippen molar-refractivity contribution in [2.24, 2.45) is 0 Å². The molecule has 3 atom stereocenters. The molecule has 0 aliphatic heterocycles. The fraction of sp³-hybridized carbons (Fsp3) is 0.303. The fourth-order valence-electron chi connectivity index (χ4n) is 4.77. The summed E-state index contributed by atoms with van der Waals surface area (Å²) in [6, 6.07) is 24.1. The molecule has 220 valence electrons. The summed E-state index contributed by atoms with van der Waals surface area (Å²) in [5.41, 5.74) is 5.54. The number of aryl methyl sites for hydroxylation is 2. The van der Waals surface area contributed by atoms with Gasteiger partial charge in [0.2, 0.25) is 0 Å². The number of aliphatic hydroxyl groups is 1. The van der Waals surface area contributed by atoms with Crippen LogP contribution in [0.2, 0.25) is 0 Å². The molecule has 0 aliphatic rings. The van der Waals surface area contributed by atoms with Gasteiger partial charge in [-0.2, -0.15) is 0 Å². The second-order valence-corrected chi connectivity index (χ2v) is 11.2. The highest BCUT2D eigenvalue weighted by atomic mass is 32.1. The van der Waals surface area contributed by atoms with Crippen LogP contribution in [0, 0.1) is 13.8 Å². The molecule has 0 fully saturated rings. The van der Waals surface area contributed by atoms with Gasteiger partial charge in [-0.15, -0.1) is 11.3 Å². The summed E-state index contributed by atoms with van der Waals surface area (Å²) in [4.78, 5) is 30.6. The van der Waals surface area contributed by atoms with Crippen molar-refractivity contribution in [3.8, 4) is 5.75 Å². The Kier molecular flexibility index (Phi) is 11.5. The normalized spacial score (nSPS) is 13.0. The van der Waals surface area contributed by atoms with E-state index in [0.717, 1.165) is 27.1 Å². The maximum Gasteiger partial charge on any atom is 0.407 e. The number of aromatic nitrogens is 1. The summed E-state index contributed by atoms with van der Waals surface area (Å²) in [6.45, 7) is 3.80. The highest BCUT2D eigenvalue weighted by Crippen LogP contribution is 2.22. The average molecular weight is 588 g/mol. The summed E-state index contributed by atoms with van der Waals surface area (Å²) in [7, 11) is 0. The molecule has 2 amide bonds. The molecule has 3 aromatic carbocycles. The van der Waals surface area contributed by atoms with Crippen molar-refractivity contribution in [3.63, 3.8) is 0 Å². The number of hydrogen-bond donors (Lipinski definition) is 3. The Morgan fingerprint density at radius 3 is 2.14 bits per heavy atom. The van der Waals surface area contributed by atoms with Crippen molar-refractivity contribution in [2.45, 2.75) is 57.9 Å². The molecule has 0 radical (unpaired) electrons. The molecule has 1 aromatic heterocycles. The summed E-state index contributed by atoms with van der Waals surface area (Å²) < 4.78 is 11.3. The van der Waals surface area contributed by atoms with E-state index in [1.54, 1.807) is 11.7 Å². The monoisotopic (exact) mass is 587 g/mol. The lowest BCUT2D eigenvalue weighted by atomic mass is 9.93. The number of ether oxygens (including phenoxy) is 2. The van der Waals surface area contributed by atoms with Crippen LogP contribution in [0.15, 0.2) is 90.6 Å². The Hall–Kier alpha value is -4.21. The van der Waals surface area contributed by atoms with E-state index in [0.29, 0.717) is 18.6 Å². The van der Waals surface area contributed by atoms with Gasteiger partial charge in [0.05, 0.1) is 22.5 Å². The van der Waals surface area contributed by atoms with E-state index in [1.165, 1.54) is 11.3 Å². The molecule has 0 saturated carbocycles. The molecule has 0 aliphatic carbocycles. The van der Waals surface area contributed by atoms with E-state index in [9.17, 15) is 14.7 Å². The third-order valence-electron chi connectivity index (χ3n) is 6.87. The van der Waals surface area contributed by atoms with Gasteiger partial charge >= 0.3 is 6.09 Å². The van der Waals surface area contributed by atoms with Gasteiger partial charge in [-0.1, -0.05) is 78.9 Å². The number of alkyl carbamates (subject to hydrolysis) is 1. The van der Waals surface area contributed by atoms with Crippen LogP contribution in [0.5, 0.6) is 5.75 Å². The molecular weight excluding hydrogens is 550 g/mol. The van der Waals surface area contributed by atoms with Crippen molar-refractivity contribution < 1.29 is 24.2 Å². The van der Waals surface area contributed by atoms with Crippen LogP contribution in [0.3, 0.4) is 0 Å². The number of hydrogen-bond acceptors (Lipinski definition) is 7. The molecule has 4 aromatic rings. The largest absolute Gasteiger partial charge is 0.483 e. The lowest BCUT2D eigenvalue weighted by Crippen LogP contribution is -2.49. The molecule has 3 N–H and O–H groups in total. The number of benzene rings is 3. The number of nitrogens with one attached hydrogen (secondary N) is 2. The Morgan fingerprint density at radius 2 is 1.52 bits per heavy atom. The Bertz CT molecular complexity index is 1380. The van der Waals surface area contributed by atoms with E-state index in [-0.39, 0.29) is 25.5 Å². The van der Waals surface area contributed by atoms with Crippen LogP contribution in [0.25, 0.3) is 0 Å². The zero-order valence-electron chi connectivity index (χ0n) is 23.9. The summed E-state index contributed by atoms with van der Waals surface area (Å²) in [5, 5.41) is 17.4. The number of nitrogens with zero attached hydrogens (tertiary/aromatic N) is 1. The third-order valence-corrected chi connectivity index (χ3v) is 7.62. The molecular formula is C33H37N3O5S. The highest BCUT2D eigenvalue weighted by Gasteiger charge is 2.27. The molecule has 0 bridgehead atoms. The summed E-state index contributed by atoms with van der Waals surface area (Å²) in [5.74, 6) is 0.339. The molecule has 0 spiro atoms. The standard InChI is InChI=1S/C33H37N3O5S/c1-23-10-9-11-24(2)32(23)40-21-31(38)36-29(17-26-14-7-4-8-15-26)30(37)18-27(16-25-12-5-3-6-13-25)35-33(39)41-20-28-19-34-22-42-28/h3-15,19,22,27,29-30,37H,16-18,20-21H2,1-2H3,(H,35,39)(H,36,38). The zero-order chi connectivity index (χ0) is 29.7. The minimum Gasteiger partial charge on any atom is -0.483 e. The summed E-state index contributed by atoms with van der Waals surface area (Å²) >= 11 is 1.40. The minimum absolute atomic E-state index is 0.115. The number of carbonyl (C=O) groups excluding carboxylic acids is 2. The van der Waals surface area contributed by atoms with Crippen molar-refractivity contribution in [1.82, 2.24) is 15.6 Å². The molecule has 3 unspecified atom stereocenters. The van der Waals surface area contributed by atoms with Crippen molar-refractivity contribution in [1.29, 1.82) is 0 Å². The predicted molar refractivity (Wildman–Crippen MR) is 163 cm³/mol. The molecule has 9 heteroatoms. The number of amides is 2. The summed E-state index contributed by atoms with van der Waals surface area (Å²) in [6.07, 6.45) is 1.19. The van der Waals surface area contributed by atoms with E-state index in [2.05, 4.69) is 15.6 Å². The average Bonchev–Trinajstić information content (AvgIpc) is 3.50. The SMILES string of the molecule is Cc1cccc(C)c1OCC(=O)NC(Cc1ccccc1)C(O)CC(Cc1ccccc1)NC(=O)OCc1cncs1. The van der Waals surface area contributed by atoms with Gasteiger partial charge in [-0.25, -0.2) is 4.79 Å². The molecule has 1 heterocycles. The first-order valence-corrected chi connectivity index (χ1v) is 14.8. The number of aliphatic hydroxyl groups excluding tert-OH is 1. The number of carbonyl (C=O) groups is 2. The fourth-order valence-corrected chi connectivity index (χ4v) is 5.28. The van der Waals surface area contributed by atoms with E-state index < -0.39 is 24.3 Å². The van der Waals surface area contributed by atoms with Crippen LogP contribution in [0.1, 0.15) is 33.6 Å². The lowest BCUT2D eigenvalue weighted by molar-refractivity contribution is -0.124. The Morgan fingerprint density at radius 1 is 0.881 bits per heavy atom. The van der Waals surface area contributed by atoms with Crippen LogP contribution in [0.4, 0.5) is 4.79 Å². The minimum atomic E-state index is -0.968. The molecule has 42 heavy (non-hydrogen) atoms. The zero-order valence-corrected chi connectivity index (χ0v) is 24.7. The Labute approximate surface area is 250 Å². The van der Waals surface area contributed by atoms with Gasteiger partial charge in [0, 0.05) is 12.2 Å². The van der Waals surface area contributed by atoms with E-state index >= 15 is 0 Å². The predicted octanol–water partition coefficient (Wildman–Crippen LogP) is 5.15. The third kappa shape index (κ3) is 9.71. The molecule has 8 nitrogen and oxygen atoms in total. The number of rotatable bonds is 14. The first-order valence-electron chi connectivity index (χ1n) is 13.9. The van der Waals surface area contributed by atoms with Crippen LogP contribution in [-0.2, 0) is 29.0 Å². The van der Waals surface area contributed by atoms with Crippen molar-refractivity contribution >= 4 is 23.3 Å². The maximum atomic E-state index is 13.1. The number of para-hydroxylation sites is 1. The van der Waals surface area contributed by atoms with Gasteiger partial charge in [-0.3, -0.25) is 9.78 Å². The van der Waals surface area contributed by atoms with Gasteiger partial charge < -0.3 is 25.2 Å². The van der Waals surface area contributed by atoms with Crippen molar-refractivity contribution in [3.05, 3.63) is 118 Å². The van der Waals surface area contributed by atoms with Crippen LogP contribution in [-0.4, -0.2) is 46.9 Å². The van der Waals surface area contributed by atoms with Gasteiger partial charge in [0.1, 0.15) is 12.4 Å². The van der Waals surface area contributed by atoms with Gasteiger partial charge in [0.15, 0.2) is 6.61 Å². The molecule has 4 rings (SSSR count). The van der Waals surface area contributed by atoms with Crippen molar-refractivity contribution in [2.75, 3.05) is 6.61 Å². The Balaban J connectivity index is 1.45. The van der Waals surface area contributed by atoms with Crippen LogP contribution >= 0.6 is 11.3 Å². The topological polar surface area (TPSA) is 110 Å². The number of thiazole rings is 1. The van der Waals surface area contributed by atoms with Gasteiger partial charge in [-0.05, 0) is 55.4 Å². The van der Waals surface area contributed by atoms with E-state index in [4.69, 9.17) is 9.47 Å². The quantitative estimate of drug-likeness (QED) is 0.188. The first kappa shape index (κ1) is 30.7. The highest BCUT2D eigenvalue weighted by molar-refractivity contribution is 7.09. The van der Waals surface area contributed by atoms with Gasteiger partial charge in [0.25, 0.3) is 5.91 Å². The maximum absolute atomic E-state index is 13.1. The second-order valence-electron chi connectivity index (χ2n) is 10.3.